The minimum absolute atomic E-state index is 0.158. The summed E-state index contributed by atoms with van der Waals surface area (Å²) in [7, 11) is 1.95. The van der Waals surface area contributed by atoms with E-state index >= 15 is 0 Å². The maximum Gasteiger partial charge on any atom is 0.214 e. The number of ether oxygens (including phenoxy) is 1. The van der Waals surface area contributed by atoms with Crippen LogP contribution in [-0.2, 0) is 13.0 Å². The van der Waals surface area contributed by atoms with Crippen LogP contribution in [0.15, 0.2) is 12.1 Å². The molecule has 0 saturated carbocycles. The highest BCUT2D eigenvalue weighted by Crippen LogP contribution is 2.21. The zero-order chi connectivity index (χ0) is 13.6. The topological polar surface area (TPSA) is 34.1 Å². The van der Waals surface area contributed by atoms with Gasteiger partial charge in [0.15, 0.2) is 0 Å². The fourth-order valence-corrected chi connectivity index (χ4v) is 1.72. The summed E-state index contributed by atoms with van der Waals surface area (Å²) < 4.78 is 5.99. The van der Waals surface area contributed by atoms with Crippen LogP contribution in [-0.4, -0.2) is 17.6 Å². The number of hydrogen-bond donors (Lipinski definition) is 1. The molecule has 0 aliphatic carbocycles. The summed E-state index contributed by atoms with van der Waals surface area (Å²) in [4.78, 5) is 4.59. The van der Waals surface area contributed by atoms with E-state index in [0.717, 1.165) is 37.4 Å². The van der Waals surface area contributed by atoms with Gasteiger partial charge in [0.1, 0.15) is 5.60 Å². The third kappa shape index (κ3) is 4.65. The van der Waals surface area contributed by atoms with E-state index in [-0.39, 0.29) is 5.60 Å². The summed E-state index contributed by atoms with van der Waals surface area (Å²) in [5, 5.41) is 3.17. The Morgan fingerprint density at radius 2 is 2.00 bits per heavy atom. The normalized spacial score (nSPS) is 11.6. The van der Waals surface area contributed by atoms with E-state index < -0.39 is 0 Å². The highest BCUT2D eigenvalue weighted by Gasteiger charge is 2.18. The minimum Gasteiger partial charge on any atom is -0.472 e. The molecular weight excluding hydrogens is 224 g/mol. The number of nitrogens with one attached hydrogen (secondary N) is 1. The molecule has 0 aromatic carbocycles. The number of aryl methyl sites for hydroxylation is 1. The van der Waals surface area contributed by atoms with Crippen molar-refractivity contribution in [2.45, 2.75) is 59.1 Å². The molecule has 102 valence electrons. The molecule has 0 radical (unpaired) electrons. The molecule has 1 rings (SSSR count). The predicted octanol–water partition coefficient (Wildman–Crippen LogP) is 3.32. The van der Waals surface area contributed by atoms with Gasteiger partial charge in [0.25, 0.3) is 0 Å². The van der Waals surface area contributed by atoms with Crippen molar-refractivity contribution >= 4 is 0 Å². The Bertz CT molecular complexity index is 351. The molecule has 0 fully saturated rings. The molecule has 18 heavy (non-hydrogen) atoms. The fraction of sp³-hybridized carbons (Fsp3) is 0.667. The summed E-state index contributed by atoms with van der Waals surface area (Å²) in [6.45, 7) is 9.34. The Morgan fingerprint density at radius 3 is 2.56 bits per heavy atom. The van der Waals surface area contributed by atoms with Crippen molar-refractivity contribution < 1.29 is 4.74 Å². The van der Waals surface area contributed by atoms with Gasteiger partial charge in [0.2, 0.25) is 5.88 Å². The fourth-order valence-electron chi connectivity index (χ4n) is 1.72. The Labute approximate surface area is 111 Å². The number of pyridine rings is 1. The average molecular weight is 250 g/mol. The summed E-state index contributed by atoms with van der Waals surface area (Å²) in [6.07, 6.45) is 3.07. The van der Waals surface area contributed by atoms with E-state index in [1.807, 2.05) is 13.1 Å². The maximum absolute atomic E-state index is 5.99. The van der Waals surface area contributed by atoms with Crippen LogP contribution < -0.4 is 10.1 Å². The lowest BCUT2D eigenvalue weighted by atomic mass is 10.1. The van der Waals surface area contributed by atoms with E-state index in [2.05, 4.69) is 44.1 Å². The predicted molar refractivity (Wildman–Crippen MR) is 76.0 cm³/mol. The van der Waals surface area contributed by atoms with Crippen molar-refractivity contribution in [3.8, 4) is 5.88 Å². The number of aromatic nitrogens is 1. The maximum atomic E-state index is 5.99. The monoisotopic (exact) mass is 250 g/mol. The van der Waals surface area contributed by atoms with Crippen molar-refractivity contribution in [2.75, 3.05) is 7.05 Å². The molecule has 1 N–H and O–H groups in total. The Hall–Kier alpha value is -1.09. The van der Waals surface area contributed by atoms with Gasteiger partial charge >= 0.3 is 0 Å². The van der Waals surface area contributed by atoms with Crippen LogP contribution in [0.1, 0.15) is 51.8 Å². The zero-order valence-corrected chi connectivity index (χ0v) is 12.3. The summed E-state index contributed by atoms with van der Waals surface area (Å²) in [5.74, 6) is 0.748. The van der Waals surface area contributed by atoms with Gasteiger partial charge in [-0.3, -0.25) is 0 Å². The van der Waals surface area contributed by atoms with E-state index in [0.29, 0.717) is 0 Å². The second-order valence-electron chi connectivity index (χ2n) is 5.30. The summed E-state index contributed by atoms with van der Waals surface area (Å²) in [6, 6.07) is 4.19. The zero-order valence-electron chi connectivity index (χ0n) is 12.3. The Balaban J connectivity index is 2.95. The lowest BCUT2D eigenvalue weighted by molar-refractivity contribution is 0.0986. The van der Waals surface area contributed by atoms with E-state index in [1.54, 1.807) is 0 Å². The van der Waals surface area contributed by atoms with Crippen LogP contribution in [0.5, 0.6) is 5.88 Å². The van der Waals surface area contributed by atoms with Gasteiger partial charge in [0.05, 0.1) is 0 Å². The molecule has 0 aliphatic heterocycles. The van der Waals surface area contributed by atoms with E-state index in [9.17, 15) is 0 Å². The highest BCUT2D eigenvalue weighted by molar-refractivity contribution is 5.25. The molecule has 0 saturated heterocycles. The number of rotatable bonds is 7. The molecule has 1 aromatic heterocycles. The molecule has 0 atom stereocenters. The van der Waals surface area contributed by atoms with Crippen molar-refractivity contribution in [3.63, 3.8) is 0 Å². The standard InChI is InChI=1S/C15H26N2O/c1-6-8-13-9-12(11-16-5)10-14(17-13)18-15(3,4)7-2/h9-10,16H,6-8,11H2,1-5H3. The van der Waals surface area contributed by atoms with Crippen molar-refractivity contribution in [1.82, 2.24) is 10.3 Å². The molecule has 0 amide bonds. The van der Waals surface area contributed by atoms with Crippen LogP contribution in [0, 0.1) is 0 Å². The largest absolute Gasteiger partial charge is 0.472 e. The van der Waals surface area contributed by atoms with Crippen LogP contribution in [0.25, 0.3) is 0 Å². The molecule has 1 heterocycles. The van der Waals surface area contributed by atoms with E-state index in [1.165, 1.54) is 5.56 Å². The Kier molecular flexibility index (Phi) is 5.60. The quantitative estimate of drug-likeness (QED) is 0.806. The Morgan fingerprint density at radius 1 is 1.28 bits per heavy atom. The van der Waals surface area contributed by atoms with Gasteiger partial charge < -0.3 is 10.1 Å². The van der Waals surface area contributed by atoms with Crippen LogP contribution in [0.2, 0.25) is 0 Å². The van der Waals surface area contributed by atoms with Crippen LogP contribution in [0.4, 0.5) is 0 Å². The first-order valence-corrected chi connectivity index (χ1v) is 6.84. The van der Waals surface area contributed by atoms with Gasteiger partial charge in [-0.2, -0.15) is 0 Å². The van der Waals surface area contributed by atoms with Gasteiger partial charge in [-0.05, 0) is 45.4 Å². The summed E-state index contributed by atoms with van der Waals surface area (Å²) >= 11 is 0. The smallest absolute Gasteiger partial charge is 0.214 e. The third-order valence-corrected chi connectivity index (χ3v) is 3.03. The lowest BCUT2D eigenvalue weighted by Crippen LogP contribution is -2.27. The van der Waals surface area contributed by atoms with Crippen molar-refractivity contribution in [3.05, 3.63) is 23.4 Å². The molecule has 3 heteroatoms. The second kappa shape index (κ2) is 6.74. The molecule has 0 aliphatic rings. The molecule has 3 nitrogen and oxygen atoms in total. The molecule has 0 spiro atoms. The van der Waals surface area contributed by atoms with Crippen LogP contribution in [0.3, 0.4) is 0 Å². The van der Waals surface area contributed by atoms with Crippen molar-refractivity contribution in [2.24, 2.45) is 0 Å². The van der Waals surface area contributed by atoms with Gasteiger partial charge in [-0.25, -0.2) is 4.98 Å². The number of hydrogen-bond acceptors (Lipinski definition) is 3. The third-order valence-electron chi connectivity index (χ3n) is 3.03. The molecule has 1 aromatic rings. The molecule has 0 unspecified atom stereocenters. The SMILES string of the molecule is CCCc1cc(CNC)cc(OC(C)(C)CC)n1. The first kappa shape index (κ1) is 15.0. The van der Waals surface area contributed by atoms with Gasteiger partial charge in [-0.15, -0.1) is 0 Å². The van der Waals surface area contributed by atoms with Crippen LogP contribution >= 0.6 is 0 Å². The second-order valence-corrected chi connectivity index (χ2v) is 5.30. The first-order chi connectivity index (χ1) is 8.50. The number of nitrogens with zero attached hydrogens (tertiary/aromatic N) is 1. The first-order valence-electron chi connectivity index (χ1n) is 6.84. The summed E-state index contributed by atoms with van der Waals surface area (Å²) in [5.41, 5.74) is 2.19. The van der Waals surface area contributed by atoms with Crippen molar-refractivity contribution in [1.29, 1.82) is 0 Å². The van der Waals surface area contributed by atoms with Gasteiger partial charge in [-0.1, -0.05) is 20.3 Å². The minimum atomic E-state index is -0.158. The van der Waals surface area contributed by atoms with Gasteiger partial charge in [0, 0.05) is 18.3 Å². The average Bonchev–Trinajstić information content (AvgIpc) is 2.29. The molecule has 0 bridgehead atoms. The molecular formula is C15H26N2O. The van der Waals surface area contributed by atoms with E-state index in [4.69, 9.17) is 4.74 Å². The highest BCUT2D eigenvalue weighted by atomic mass is 16.5. The lowest BCUT2D eigenvalue weighted by Gasteiger charge is -2.24.